The molecule has 146 valence electrons. The number of hydrogen-bond acceptors (Lipinski definition) is 5. The Kier molecular flexibility index (Phi) is 3.85. The number of nitrogens with zero attached hydrogens (tertiary/aromatic N) is 4. The number of fused-ring (bicyclic) bond motifs is 7. The van der Waals surface area contributed by atoms with Crippen molar-refractivity contribution in [2.45, 2.75) is 31.8 Å². The number of halogens is 1. The topological polar surface area (TPSA) is 89.8 Å². The fourth-order valence-electron chi connectivity index (χ4n) is 4.43. The molecule has 2 N–H and O–H groups in total. The molecule has 6 nitrogen and oxygen atoms in total. The fourth-order valence-corrected chi connectivity index (χ4v) is 4.43. The normalized spacial score (nSPS) is 22.1. The van der Waals surface area contributed by atoms with Crippen molar-refractivity contribution in [1.29, 1.82) is 5.26 Å². The zero-order chi connectivity index (χ0) is 20.3. The van der Waals surface area contributed by atoms with E-state index in [4.69, 9.17) is 10.5 Å². The molecule has 1 saturated carbocycles. The van der Waals surface area contributed by atoms with Gasteiger partial charge in [0.1, 0.15) is 23.7 Å². The van der Waals surface area contributed by atoms with E-state index in [1.54, 1.807) is 30.1 Å². The van der Waals surface area contributed by atoms with Crippen LogP contribution < -0.4 is 10.5 Å². The van der Waals surface area contributed by atoms with E-state index in [-0.39, 0.29) is 17.7 Å². The van der Waals surface area contributed by atoms with E-state index >= 15 is 0 Å². The zero-order valence-electron chi connectivity index (χ0n) is 16.2. The number of anilines is 1. The summed E-state index contributed by atoms with van der Waals surface area (Å²) >= 11 is 0. The zero-order valence-corrected chi connectivity index (χ0v) is 16.2. The van der Waals surface area contributed by atoms with E-state index in [1.165, 1.54) is 6.07 Å². The van der Waals surface area contributed by atoms with Gasteiger partial charge in [-0.25, -0.2) is 9.37 Å². The highest BCUT2D eigenvalue weighted by atomic mass is 19.1. The van der Waals surface area contributed by atoms with Crippen molar-refractivity contribution in [1.82, 2.24) is 14.8 Å². The van der Waals surface area contributed by atoms with Gasteiger partial charge in [-0.1, -0.05) is 6.07 Å². The Labute approximate surface area is 167 Å². The third kappa shape index (κ3) is 2.83. The molecule has 1 aliphatic carbocycles. The van der Waals surface area contributed by atoms with Crippen molar-refractivity contribution in [2.24, 2.45) is 13.0 Å². The number of benzene rings is 1. The largest absolute Gasteiger partial charge is 0.482 e. The summed E-state index contributed by atoms with van der Waals surface area (Å²) in [6.45, 7) is 1.89. The first-order chi connectivity index (χ1) is 14.0. The summed E-state index contributed by atoms with van der Waals surface area (Å²) in [6, 6.07) is 8.97. The van der Waals surface area contributed by atoms with E-state index in [0.29, 0.717) is 23.3 Å². The quantitative estimate of drug-likeness (QED) is 0.630. The van der Waals surface area contributed by atoms with Crippen LogP contribution in [0.2, 0.25) is 0 Å². The van der Waals surface area contributed by atoms with Crippen LogP contribution >= 0.6 is 0 Å². The van der Waals surface area contributed by atoms with E-state index in [1.807, 2.05) is 13.0 Å². The second kappa shape index (κ2) is 6.31. The summed E-state index contributed by atoms with van der Waals surface area (Å²) in [5, 5.41) is 14.3. The minimum absolute atomic E-state index is 0.254. The van der Waals surface area contributed by atoms with Crippen LogP contribution in [0.25, 0.3) is 11.1 Å². The van der Waals surface area contributed by atoms with Gasteiger partial charge in [0, 0.05) is 24.4 Å². The van der Waals surface area contributed by atoms with Crippen LogP contribution in [0.3, 0.4) is 0 Å². The van der Waals surface area contributed by atoms with Crippen molar-refractivity contribution in [3.8, 4) is 22.9 Å². The molecule has 1 fully saturated rings. The van der Waals surface area contributed by atoms with Crippen molar-refractivity contribution in [2.75, 3.05) is 5.73 Å². The molecule has 3 atom stereocenters. The Morgan fingerprint density at radius 3 is 2.93 bits per heavy atom. The van der Waals surface area contributed by atoms with E-state index < -0.39 is 0 Å². The average molecular weight is 389 g/mol. The summed E-state index contributed by atoms with van der Waals surface area (Å²) in [4.78, 5) is 4.28. The molecule has 29 heavy (non-hydrogen) atoms. The van der Waals surface area contributed by atoms with Gasteiger partial charge in [-0.15, -0.1) is 0 Å². The Hall–Kier alpha value is -3.40. The molecule has 2 bridgehead atoms. The standard InChI is InChI=1S/C22H20FN5O/c1-11-16-8-14(23)3-4-15(16)17-5-12(17)6-18-21(19(9-24)28(2)27-18)13-7-20(29-11)22(25)26-10-13/h3-4,7-8,10-12,17H,5-6H2,1-2H3,(H2,25,26)/t11-,12?,17?/m1/s1. The number of ether oxygens (including phenoxy) is 1. The highest BCUT2D eigenvalue weighted by Crippen LogP contribution is 2.52. The molecular weight excluding hydrogens is 369 g/mol. The lowest BCUT2D eigenvalue weighted by atomic mass is 9.95. The molecule has 0 saturated heterocycles. The van der Waals surface area contributed by atoms with Crippen LogP contribution in [0, 0.1) is 23.1 Å². The number of aryl methyl sites for hydroxylation is 1. The van der Waals surface area contributed by atoms with E-state index in [2.05, 4.69) is 16.2 Å². The highest BCUT2D eigenvalue weighted by molar-refractivity contribution is 5.74. The maximum Gasteiger partial charge on any atom is 0.166 e. The van der Waals surface area contributed by atoms with Gasteiger partial charge in [0.15, 0.2) is 11.6 Å². The molecule has 0 radical (unpaired) electrons. The van der Waals surface area contributed by atoms with Gasteiger partial charge in [0.25, 0.3) is 0 Å². The summed E-state index contributed by atoms with van der Waals surface area (Å²) in [5.74, 6) is 1.10. The van der Waals surface area contributed by atoms with Crippen LogP contribution in [0.1, 0.15) is 47.9 Å². The van der Waals surface area contributed by atoms with Crippen molar-refractivity contribution < 1.29 is 9.13 Å². The molecule has 3 heterocycles. The monoisotopic (exact) mass is 389 g/mol. The molecule has 2 aromatic heterocycles. The summed E-state index contributed by atoms with van der Waals surface area (Å²) in [7, 11) is 1.77. The molecule has 1 aromatic carbocycles. The Morgan fingerprint density at radius 2 is 2.14 bits per heavy atom. The van der Waals surface area contributed by atoms with Crippen molar-refractivity contribution >= 4 is 5.82 Å². The first kappa shape index (κ1) is 17.7. The summed E-state index contributed by atoms with van der Waals surface area (Å²) in [6.07, 6.45) is 3.02. The Bertz CT molecular complexity index is 1180. The second-order valence-electron chi connectivity index (χ2n) is 7.85. The lowest BCUT2D eigenvalue weighted by Gasteiger charge is -2.20. The van der Waals surface area contributed by atoms with Gasteiger partial charge in [-0.2, -0.15) is 10.4 Å². The number of aromatic nitrogens is 3. The Balaban J connectivity index is 1.72. The minimum Gasteiger partial charge on any atom is -0.482 e. The highest BCUT2D eigenvalue weighted by Gasteiger charge is 2.41. The van der Waals surface area contributed by atoms with Crippen molar-refractivity contribution in [3.05, 3.63) is 58.8 Å². The molecule has 3 aromatic rings. The minimum atomic E-state index is -0.385. The van der Waals surface area contributed by atoms with Crippen LogP contribution in [0.5, 0.6) is 5.75 Å². The average Bonchev–Trinajstić information content (AvgIpc) is 3.37. The molecule has 7 heteroatoms. The number of nitrogen functional groups attached to an aromatic ring is 1. The molecule has 5 rings (SSSR count). The lowest BCUT2D eigenvalue weighted by Crippen LogP contribution is -2.10. The molecule has 2 unspecified atom stereocenters. The van der Waals surface area contributed by atoms with Crippen LogP contribution in [-0.2, 0) is 13.5 Å². The van der Waals surface area contributed by atoms with Gasteiger partial charge in [0.05, 0.1) is 5.69 Å². The van der Waals surface area contributed by atoms with Crippen molar-refractivity contribution in [3.63, 3.8) is 0 Å². The summed E-state index contributed by atoms with van der Waals surface area (Å²) < 4.78 is 21.8. The van der Waals surface area contributed by atoms with Gasteiger partial charge < -0.3 is 10.5 Å². The predicted octanol–water partition coefficient (Wildman–Crippen LogP) is 3.87. The van der Waals surface area contributed by atoms with Gasteiger partial charge in [0.2, 0.25) is 0 Å². The number of pyridine rings is 1. The van der Waals surface area contributed by atoms with Crippen LogP contribution in [-0.4, -0.2) is 14.8 Å². The lowest BCUT2D eigenvalue weighted by molar-refractivity contribution is 0.226. The first-order valence-corrected chi connectivity index (χ1v) is 9.64. The fraction of sp³-hybridized carbons (Fsp3) is 0.318. The number of rotatable bonds is 0. The SMILES string of the molecule is C[C@H]1Oc2cc(cnc2N)-c2c(nn(C)c2C#N)CC2CC2c2ccc(F)cc21. The molecule has 1 aliphatic heterocycles. The van der Waals surface area contributed by atoms with E-state index in [0.717, 1.165) is 40.8 Å². The van der Waals surface area contributed by atoms with Gasteiger partial charge >= 0.3 is 0 Å². The number of nitrogens with two attached hydrogens (primary N) is 1. The Morgan fingerprint density at radius 1 is 1.31 bits per heavy atom. The molecular formula is C22H20FN5O. The number of nitriles is 1. The third-order valence-corrected chi connectivity index (χ3v) is 5.96. The maximum atomic E-state index is 14.0. The molecule has 2 aliphatic rings. The predicted molar refractivity (Wildman–Crippen MR) is 106 cm³/mol. The van der Waals surface area contributed by atoms with Crippen LogP contribution in [0.15, 0.2) is 30.5 Å². The maximum absolute atomic E-state index is 14.0. The molecule has 0 amide bonds. The van der Waals surface area contributed by atoms with E-state index in [9.17, 15) is 9.65 Å². The number of hydrogen-bond donors (Lipinski definition) is 1. The van der Waals surface area contributed by atoms with Gasteiger partial charge in [-0.05, 0) is 60.9 Å². The summed E-state index contributed by atoms with van der Waals surface area (Å²) in [5.41, 5.74) is 10.9. The smallest absolute Gasteiger partial charge is 0.166 e. The van der Waals surface area contributed by atoms with Gasteiger partial charge in [-0.3, -0.25) is 4.68 Å². The third-order valence-electron chi connectivity index (χ3n) is 5.96. The second-order valence-corrected chi connectivity index (χ2v) is 7.85. The molecule has 0 spiro atoms. The first-order valence-electron chi connectivity index (χ1n) is 9.64. The van der Waals surface area contributed by atoms with Crippen LogP contribution in [0.4, 0.5) is 10.2 Å².